The lowest BCUT2D eigenvalue weighted by Crippen LogP contribution is -2.13. The molecule has 0 spiro atoms. The van der Waals surface area contributed by atoms with E-state index in [-0.39, 0.29) is 12.2 Å². The van der Waals surface area contributed by atoms with Crippen LogP contribution in [-0.4, -0.2) is 49.4 Å². The van der Waals surface area contributed by atoms with Gasteiger partial charge in [-0.05, 0) is 74.4 Å². The van der Waals surface area contributed by atoms with Gasteiger partial charge in [-0.15, -0.1) is 0 Å². The highest BCUT2D eigenvalue weighted by atomic mass is 35.5. The number of aliphatic carboxylic acids is 1. The Labute approximate surface area is 250 Å². The summed E-state index contributed by atoms with van der Waals surface area (Å²) in [4.78, 5) is 23.8. The number of hydrogen-bond donors (Lipinski definition) is 1. The monoisotopic (exact) mass is 598 g/mol. The minimum Gasteiger partial charge on any atom is -0.480 e. The normalized spacial score (nSPS) is 14.3. The van der Waals surface area contributed by atoms with Gasteiger partial charge in [0.2, 0.25) is 5.88 Å². The van der Waals surface area contributed by atoms with Gasteiger partial charge in [-0.1, -0.05) is 61.7 Å². The highest BCUT2D eigenvalue weighted by molar-refractivity contribution is 6.33. The molecular formula is C31H36Cl2N4O4. The second-order valence-corrected chi connectivity index (χ2v) is 11.6. The molecule has 0 amide bonds. The van der Waals surface area contributed by atoms with E-state index in [1.165, 1.54) is 6.33 Å². The van der Waals surface area contributed by atoms with E-state index in [2.05, 4.69) is 30.7 Å². The Hall–Kier alpha value is -3.20. The zero-order valence-electron chi connectivity index (χ0n) is 23.9. The van der Waals surface area contributed by atoms with Crippen molar-refractivity contribution >= 4 is 40.3 Å². The maximum absolute atomic E-state index is 9.99. The second-order valence-electron chi connectivity index (χ2n) is 10.8. The van der Waals surface area contributed by atoms with Crippen LogP contribution in [0.1, 0.15) is 57.6 Å². The van der Waals surface area contributed by atoms with Crippen molar-refractivity contribution in [1.82, 2.24) is 19.5 Å². The smallest absolute Gasteiger partial charge is 0.329 e. The number of carboxylic acid groups (broad SMARTS) is 1. The first kappa shape index (κ1) is 30.8. The summed E-state index contributed by atoms with van der Waals surface area (Å²) in [6.45, 7) is 9.27. The van der Waals surface area contributed by atoms with Gasteiger partial charge in [0.1, 0.15) is 24.4 Å². The number of ether oxygens (including phenoxy) is 2. The first-order valence-electron chi connectivity index (χ1n) is 13.8. The van der Waals surface area contributed by atoms with Gasteiger partial charge >= 0.3 is 5.97 Å². The summed E-state index contributed by atoms with van der Waals surface area (Å²) < 4.78 is 13.1. The van der Waals surface area contributed by atoms with Gasteiger partial charge in [0, 0.05) is 17.2 Å². The van der Waals surface area contributed by atoms with Crippen LogP contribution in [0.4, 0.5) is 0 Å². The fourth-order valence-corrected chi connectivity index (χ4v) is 4.66. The quantitative estimate of drug-likeness (QED) is 0.177. The number of halogens is 2. The van der Waals surface area contributed by atoms with E-state index in [9.17, 15) is 4.79 Å². The lowest BCUT2D eigenvalue weighted by atomic mass is 10.1. The number of carboxylic acids is 1. The Kier molecular flexibility index (Phi) is 10.2. The molecule has 1 fully saturated rings. The number of rotatable bonds is 11. The summed E-state index contributed by atoms with van der Waals surface area (Å²) in [5.74, 6) is 0.966. The molecule has 10 heteroatoms. The molecular weight excluding hydrogens is 563 g/mol. The van der Waals surface area contributed by atoms with E-state index in [0.29, 0.717) is 46.2 Å². The molecule has 1 aliphatic rings. The fraction of sp³-hybridized carbons (Fsp3) is 0.419. The van der Waals surface area contributed by atoms with Crippen molar-refractivity contribution in [3.63, 3.8) is 0 Å². The molecule has 218 valence electrons. The van der Waals surface area contributed by atoms with Crippen LogP contribution in [0.25, 0.3) is 22.6 Å². The molecule has 0 saturated heterocycles. The van der Waals surface area contributed by atoms with Crippen molar-refractivity contribution in [2.75, 3.05) is 13.2 Å². The number of hydrogen-bond acceptors (Lipinski definition) is 6. The number of carbonyl (C=O) groups is 1. The Morgan fingerprint density at radius 3 is 2.61 bits per heavy atom. The van der Waals surface area contributed by atoms with Crippen molar-refractivity contribution in [1.29, 1.82) is 0 Å². The zero-order valence-corrected chi connectivity index (χ0v) is 25.4. The van der Waals surface area contributed by atoms with E-state index in [1.54, 1.807) is 0 Å². The van der Waals surface area contributed by atoms with Crippen molar-refractivity contribution in [2.45, 2.75) is 65.5 Å². The molecule has 1 atom stereocenters. The predicted molar refractivity (Wildman–Crippen MR) is 162 cm³/mol. The van der Waals surface area contributed by atoms with Gasteiger partial charge in [-0.3, -0.25) is 0 Å². The van der Waals surface area contributed by atoms with Crippen LogP contribution in [0.5, 0.6) is 5.88 Å². The second kappa shape index (κ2) is 13.6. The van der Waals surface area contributed by atoms with Gasteiger partial charge in [-0.2, -0.15) is 4.98 Å². The molecule has 2 aromatic carbocycles. The van der Waals surface area contributed by atoms with Crippen LogP contribution in [0.15, 0.2) is 48.8 Å². The number of benzene rings is 2. The van der Waals surface area contributed by atoms with E-state index < -0.39 is 5.97 Å². The predicted octanol–water partition coefficient (Wildman–Crippen LogP) is 7.61. The molecule has 2 heterocycles. The van der Waals surface area contributed by atoms with Crippen LogP contribution in [0.3, 0.4) is 0 Å². The van der Waals surface area contributed by atoms with Crippen LogP contribution < -0.4 is 4.74 Å². The number of nitrogens with zero attached hydrogens (tertiary/aromatic N) is 4. The standard InChI is InChI=1S/C23H20Cl2N4O.C8H16O3/c1-14-6-7-17(18(25)10-14)20-28-19-21(26-13-27-22(19)30-23(2)8-9-23)29(20)12-15-4-3-5-16(24)11-15;1-3-7(2)4-5-11-6-8(9)10/h3-7,10-11,13H,8-9,12H2,1-2H3;7H,3-6H2,1-2H3,(H,9,10). The van der Waals surface area contributed by atoms with Crippen LogP contribution in [0.2, 0.25) is 10.0 Å². The Morgan fingerprint density at radius 2 is 1.95 bits per heavy atom. The number of aryl methyl sites for hydroxylation is 1. The van der Waals surface area contributed by atoms with Crippen LogP contribution in [0, 0.1) is 12.8 Å². The van der Waals surface area contributed by atoms with Gasteiger partial charge in [0.25, 0.3) is 0 Å². The van der Waals surface area contributed by atoms with Crippen molar-refractivity contribution in [2.24, 2.45) is 5.92 Å². The van der Waals surface area contributed by atoms with Crippen molar-refractivity contribution in [3.05, 3.63) is 70.0 Å². The molecule has 1 unspecified atom stereocenters. The number of aromatic nitrogens is 4. The number of imidazole rings is 1. The lowest BCUT2D eigenvalue weighted by molar-refractivity contribution is -0.142. The van der Waals surface area contributed by atoms with Crippen LogP contribution >= 0.6 is 23.2 Å². The molecule has 41 heavy (non-hydrogen) atoms. The highest BCUT2D eigenvalue weighted by Crippen LogP contribution is 2.41. The summed E-state index contributed by atoms with van der Waals surface area (Å²) in [7, 11) is 0. The maximum atomic E-state index is 9.99. The topological polar surface area (TPSA) is 99.4 Å². The minimum absolute atomic E-state index is 0.167. The Bertz CT molecular complexity index is 1500. The van der Waals surface area contributed by atoms with Gasteiger partial charge in [-0.25, -0.2) is 14.8 Å². The van der Waals surface area contributed by atoms with E-state index in [4.69, 9.17) is 42.8 Å². The Balaban J connectivity index is 0.000000301. The first-order chi connectivity index (χ1) is 19.6. The highest BCUT2D eigenvalue weighted by Gasteiger charge is 2.41. The van der Waals surface area contributed by atoms with Crippen molar-refractivity contribution < 1.29 is 19.4 Å². The van der Waals surface area contributed by atoms with Crippen molar-refractivity contribution in [3.8, 4) is 17.3 Å². The maximum Gasteiger partial charge on any atom is 0.329 e. The third-order valence-electron chi connectivity index (χ3n) is 7.07. The molecule has 5 rings (SSSR count). The zero-order chi connectivity index (χ0) is 29.6. The SMILES string of the molecule is CCC(C)CCOCC(=O)O.Cc1ccc(-c2nc3c(OC4(C)CC4)ncnc3n2Cc2cccc(Cl)c2)c(Cl)c1. The lowest BCUT2D eigenvalue weighted by Gasteiger charge is -2.12. The largest absolute Gasteiger partial charge is 0.480 e. The summed E-state index contributed by atoms with van der Waals surface area (Å²) in [5.41, 5.74) is 4.15. The number of fused-ring (bicyclic) bond motifs is 1. The fourth-order valence-electron chi connectivity index (χ4n) is 4.12. The molecule has 1 aliphatic carbocycles. The summed E-state index contributed by atoms with van der Waals surface area (Å²) in [5, 5.41) is 9.54. The van der Waals surface area contributed by atoms with E-state index >= 15 is 0 Å². The average molecular weight is 600 g/mol. The van der Waals surface area contributed by atoms with Gasteiger partial charge < -0.3 is 19.1 Å². The average Bonchev–Trinajstić information content (AvgIpc) is 3.54. The van der Waals surface area contributed by atoms with Gasteiger partial charge in [0.15, 0.2) is 11.2 Å². The molecule has 2 aromatic heterocycles. The molecule has 8 nitrogen and oxygen atoms in total. The van der Waals surface area contributed by atoms with Gasteiger partial charge in [0.05, 0.1) is 11.6 Å². The first-order valence-corrected chi connectivity index (χ1v) is 14.5. The summed E-state index contributed by atoms with van der Waals surface area (Å²) in [6.07, 6.45) is 5.62. The van der Waals surface area contributed by atoms with E-state index in [1.807, 2.05) is 54.0 Å². The molecule has 0 aliphatic heterocycles. The minimum atomic E-state index is -0.894. The summed E-state index contributed by atoms with van der Waals surface area (Å²) >= 11 is 12.8. The molecule has 0 bridgehead atoms. The van der Waals surface area contributed by atoms with Crippen LogP contribution in [-0.2, 0) is 16.1 Å². The molecule has 1 N–H and O–H groups in total. The molecule has 4 aromatic rings. The third-order valence-corrected chi connectivity index (χ3v) is 7.62. The van der Waals surface area contributed by atoms with E-state index in [0.717, 1.165) is 48.2 Å². The third kappa shape index (κ3) is 8.41. The molecule has 0 radical (unpaired) electrons. The summed E-state index contributed by atoms with van der Waals surface area (Å²) in [6, 6.07) is 13.7. The molecule has 1 saturated carbocycles. The Morgan fingerprint density at radius 1 is 1.17 bits per heavy atom.